The number of fused-ring (bicyclic) bond motifs is 1. The van der Waals surface area contributed by atoms with Crippen LogP contribution in [-0.2, 0) is 7.05 Å². The van der Waals surface area contributed by atoms with Crippen molar-refractivity contribution >= 4 is 11.8 Å². The van der Waals surface area contributed by atoms with Crippen molar-refractivity contribution in [2.75, 3.05) is 5.32 Å². The van der Waals surface area contributed by atoms with Crippen LogP contribution in [0.2, 0.25) is 0 Å². The van der Waals surface area contributed by atoms with Crippen molar-refractivity contribution < 1.29 is 9.53 Å². The number of carbonyl (C=O) groups is 1. The third-order valence-electron chi connectivity index (χ3n) is 5.26. The van der Waals surface area contributed by atoms with E-state index < -0.39 is 0 Å². The molecule has 2 N–H and O–H groups in total. The van der Waals surface area contributed by atoms with Gasteiger partial charge in [-0.25, -0.2) is 4.79 Å². The summed E-state index contributed by atoms with van der Waals surface area (Å²) in [6, 6.07) is 9.63. The summed E-state index contributed by atoms with van der Waals surface area (Å²) in [6.07, 6.45) is 5.32. The number of hydrogen-bond acceptors (Lipinski definition) is 3. The number of benzene rings is 1. The normalized spacial score (nSPS) is 20.8. The van der Waals surface area contributed by atoms with E-state index in [1.165, 1.54) is 12.8 Å². The molecule has 1 aromatic carbocycles. The largest absolute Gasteiger partial charge is 0.487 e. The van der Waals surface area contributed by atoms with Crippen LogP contribution in [0.25, 0.3) is 0 Å². The minimum absolute atomic E-state index is 0.0441. The van der Waals surface area contributed by atoms with Crippen LogP contribution in [0.1, 0.15) is 49.4 Å². The Morgan fingerprint density at radius 3 is 2.80 bits per heavy atom. The summed E-state index contributed by atoms with van der Waals surface area (Å²) in [5.41, 5.74) is 1.80. The van der Waals surface area contributed by atoms with E-state index in [0.29, 0.717) is 5.82 Å². The van der Waals surface area contributed by atoms with Gasteiger partial charge in [0, 0.05) is 25.1 Å². The molecule has 0 saturated heterocycles. The van der Waals surface area contributed by atoms with Gasteiger partial charge in [0.2, 0.25) is 0 Å². The Kier molecular flexibility index (Phi) is 3.90. The molecular weight excluding hydrogens is 316 g/mol. The molecule has 1 unspecified atom stereocenters. The molecule has 1 saturated carbocycles. The zero-order chi connectivity index (χ0) is 17.4. The van der Waals surface area contributed by atoms with Gasteiger partial charge in [0.1, 0.15) is 17.2 Å². The number of para-hydroxylation sites is 1. The van der Waals surface area contributed by atoms with E-state index in [0.717, 1.165) is 36.3 Å². The first-order valence-electron chi connectivity index (χ1n) is 8.91. The second-order valence-corrected chi connectivity index (χ2v) is 7.18. The van der Waals surface area contributed by atoms with Crippen molar-refractivity contribution in [3.05, 3.63) is 41.6 Å². The Labute approximate surface area is 147 Å². The highest BCUT2D eigenvalue weighted by molar-refractivity contribution is 5.88. The Morgan fingerprint density at radius 1 is 1.32 bits per heavy atom. The number of anilines is 1. The summed E-state index contributed by atoms with van der Waals surface area (Å²) < 4.78 is 8.02. The predicted molar refractivity (Wildman–Crippen MR) is 95.7 cm³/mol. The van der Waals surface area contributed by atoms with E-state index >= 15 is 0 Å². The molecule has 6 heteroatoms. The Balaban J connectivity index is 1.54. The molecule has 1 atom stereocenters. The summed E-state index contributed by atoms with van der Waals surface area (Å²) in [5, 5.41) is 10.3. The van der Waals surface area contributed by atoms with Gasteiger partial charge < -0.3 is 10.1 Å². The summed E-state index contributed by atoms with van der Waals surface area (Å²) in [6.45, 7) is 1.90. The number of nitrogens with one attached hydrogen (secondary N) is 2. The molecule has 6 nitrogen and oxygen atoms in total. The zero-order valence-electron chi connectivity index (χ0n) is 14.7. The van der Waals surface area contributed by atoms with Gasteiger partial charge in [0.15, 0.2) is 0 Å². The average Bonchev–Trinajstić information content (AvgIpc) is 3.14. The zero-order valence-corrected chi connectivity index (χ0v) is 14.7. The first-order chi connectivity index (χ1) is 12.0. The molecule has 2 heterocycles. The molecule has 1 aliphatic heterocycles. The standard InChI is InChI=1S/C19H24N4O2/c1-13-11-17(23(2)22-13)21-18(24)20-15-12-19(9-5-6-10-19)25-16-8-4-3-7-14(15)16/h3-4,7-8,11,15H,5-6,9-10,12H2,1-2H3,(H2,20,21,24). The van der Waals surface area contributed by atoms with E-state index in [9.17, 15) is 4.79 Å². The van der Waals surface area contributed by atoms with Crippen LogP contribution in [0, 0.1) is 6.92 Å². The van der Waals surface area contributed by atoms with Crippen molar-refractivity contribution in [1.82, 2.24) is 15.1 Å². The van der Waals surface area contributed by atoms with Gasteiger partial charge in [-0.15, -0.1) is 0 Å². The number of nitrogens with zero attached hydrogens (tertiary/aromatic N) is 2. The lowest BCUT2D eigenvalue weighted by Crippen LogP contribution is -2.44. The maximum atomic E-state index is 12.6. The molecule has 1 aromatic heterocycles. The highest BCUT2D eigenvalue weighted by atomic mass is 16.5. The van der Waals surface area contributed by atoms with E-state index in [-0.39, 0.29) is 17.7 Å². The van der Waals surface area contributed by atoms with Crippen molar-refractivity contribution in [3.8, 4) is 5.75 Å². The number of amides is 2. The number of rotatable bonds is 2. The SMILES string of the molecule is Cc1cc(NC(=O)NC2CC3(CCCC3)Oc3ccccc32)n(C)n1. The molecule has 2 aliphatic rings. The van der Waals surface area contributed by atoms with Crippen LogP contribution in [-0.4, -0.2) is 21.4 Å². The van der Waals surface area contributed by atoms with Crippen LogP contribution in [0.15, 0.2) is 30.3 Å². The van der Waals surface area contributed by atoms with Gasteiger partial charge in [-0.3, -0.25) is 10.00 Å². The topological polar surface area (TPSA) is 68.2 Å². The maximum absolute atomic E-state index is 12.6. The first-order valence-corrected chi connectivity index (χ1v) is 8.91. The highest BCUT2D eigenvalue weighted by Gasteiger charge is 2.43. The van der Waals surface area contributed by atoms with Crippen molar-refractivity contribution in [3.63, 3.8) is 0 Å². The second kappa shape index (κ2) is 6.10. The maximum Gasteiger partial charge on any atom is 0.320 e. The number of carbonyl (C=O) groups excluding carboxylic acids is 1. The monoisotopic (exact) mass is 340 g/mol. The summed E-state index contributed by atoms with van der Waals surface area (Å²) >= 11 is 0. The lowest BCUT2D eigenvalue weighted by molar-refractivity contribution is 0.0388. The third-order valence-corrected chi connectivity index (χ3v) is 5.26. The van der Waals surface area contributed by atoms with Gasteiger partial charge >= 0.3 is 6.03 Å². The second-order valence-electron chi connectivity index (χ2n) is 7.18. The third kappa shape index (κ3) is 3.08. The van der Waals surface area contributed by atoms with Crippen molar-refractivity contribution in [1.29, 1.82) is 0 Å². The van der Waals surface area contributed by atoms with Crippen LogP contribution < -0.4 is 15.4 Å². The van der Waals surface area contributed by atoms with E-state index in [1.54, 1.807) is 4.68 Å². The van der Waals surface area contributed by atoms with Gasteiger partial charge in [-0.05, 0) is 38.7 Å². The molecule has 0 bridgehead atoms. The number of urea groups is 1. The van der Waals surface area contributed by atoms with Gasteiger partial charge in [0.05, 0.1) is 11.7 Å². The molecule has 2 aromatic rings. The molecule has 1 aliphatic carbocycles. The summed E-state index contributed by atoms with van der Waals surface area (Å²) in [7, 11) is 1.82. The number of aryl methyl sites for hydroxylation is 2. The number of hydrogen-bond donors (Lipinski definition) is 2. The van der Waals surface area contributed by atoms with Gasteiger partial charge in [0.25, 0.3) is 0 Å². The lowest BCUT2D eigenvalue weighted by atomic mass is 9.86. The van der Waals surface area contributed by atoms with E-state index in [1.807, 2.05) is 44.3 Å². The molecular formula is C19H24N4O2. The van der Waals surface area contributed by atoms with Crippen LogP contribution in [0.3, 0.4) is 0 Å². The Hall–Kier alpha value is -2.50. The Bertz CT molecular complexity index is 792. The van der Waals surface area contributed by atoms with E-state index in [2.05, 4.69) is 15.7 Å². The Morgan fingerprint density at radius 2 is 2.08 bits per heavy atom. The highest BCUT2D eigenvalue weighted by Crippen LogP contribution is 2.46. The fourth-order valence-electron chi connectivity index (χ4n) is 4.11. The predicted octanol–water partition coefficient (Wildman–Crippen LogP) is 3.69. The van der Waals surface area contributed by atoms with Crippen LogP contribution in [0.5, 0.6) is 5.75 Å². The molecule has 4 rings (SSSR count). The van der Waals surface area contributed by atoms with Gasteiger partial charge in [-0.2, -0.15) is 5.10 Å². The molecule has 1 spiro atoms. The van der Waals surface area contributed by atoms with Crippen LogP contribution in [0.4, 0.5) is 10.6 Å². The minimum Gasteiger partial charge on any atom is -0.487 e. The van der Waals surface area contributed by atoms with Gasteiger partial charge in [-0.1, -0.05) is 18.2 Å². The molecule has 1 fully saturated rings. The fourth-order valence-corrected chi connectivity index (χ4v) is 4.11. The van der Waals surface area contributed by atoms with E-state index in [4.69, 9.17) is 4.74 Å². The summed E-state index contributed by atoms with van der Waals surface area (Å²) in [4.78, 5) is 12.6. The van der Waals surface area contributed by atoms with Crippen LogP contribution >= 0.6 is 0 Å². The quantitative estimate of drug-likeness (QED) is 0.876. The van der Waals surface area contributed by atoms with Crippen molar-refractivity contribution in [2.45, 2.75) is 50.7 Å². The molecule has 0 radical (unpaired) electrons. The molecule has 2 amide bonds. The first kappa shape index (κ1) is 16.0. The fraction of sp³-hybridized carbons (Fsp3) is 0.474. The average molecular weight is 340 g/mol. The molecule has 25 heavy (non-hydrogen) atoms. The number of ether oxygens (including phenoxy) is 1. The minimum atomic E-state index is -0.210. The van der Waals surface area contributed by atoms with Crippen molar-refractivity contribution in [2.24, 2.45) is 7.05 Å². The summed E-state index contributed by atoms with van der Waals surface area (Å²) in [5.74, 6) is 1.59. The molecule has 132 valence electrons. The number of aromatic nitrogens is 2. The smallest absolute Gasteiger partial charge is 0.320 e. The lowest BCUT2D eigenvalue weighted by Gasteiger charge is -2.40.